The van der Waals surface area contributed by atoms with E-state index < -0.39 is 12.1 Å². The maximum absolute atomic E-state index is 12.6. The van der Waals surface area contributed by atoms with Crippen molar-refractivity contribution in [1.29, 1.82) is 0 Å². The van der Waals surface area contributed by atoms with Gasteiger partial charge in [0.15, 0.2) is 6.10 Å². The lowest BCUT2D eigenvalue weighted by atomic mass is 10.2. The fraction of sp³-hybridized carbons (Fsp3) is 0.273. The van der Waals surface area contributed by atoms with Crippen LogP contribution >= 0.6 is 0 Å². The lowest BCUT2D eigenvalue weighted by Gasteiger charge is -2.14. The van der Waals surface area contributed by atoms with E-state index in [4.69, 9.17) is 9.15 Å². The average molecular weight is 380 g/mol. The highest BCUT2D eigenvalue weighted by Crippen LogP contribution is 2.19. The van der Waals surface area contributed by atoms with E-state index in [0.29, 0.717) is 17.8 Å². The third kappa shape index (κ3) is 4.34. The monoisotopic (exact) mass is 380 g/mol. The zero-order valence-electron chi connectivity index (χ0n) is 16.5. The molecule has 1 N–H and O–H groups in total. The van der Waals surface area contributed by atoms with Crippen LogP contribution in [0.1, 0.15) is 40.0 Å². The Kier molecular flexibility index (Phi) is 5.68. The van der Waals surface area contributed by atoms with Gasteiger partial charge in [0.05, 0.1) is 18.4 Å². The number of aryl methyl sites for hydroxylation is 2. The zero-order chi connectivity index (χ0) is 20.3. The van der Waals surface area contributed by atoms with Crippen LogP contribution < -0.4 is 5.32 Å². The number of ether oxygens (including phenoxy) is 1. The van der Waals surface area contributed by atoms with Gasteiger partial charge in [0.25, 0.3) is 5.91 Å². The molecule has 0 saturated carbocycles. The topological polar surface area (TPSA) is 73.5 Å². The standard InChI is InChI=1S/C22H24N2O4/c1-14-7-9-18(10-8-14)23-21(25)17(4)28-22(26)20-12-15(2)24(16(20)3)13-19-6-5-11-27-19/h5-12,17H,13H2,1-4H3,(H,23,25)/t17-/m0/s1. The normalized spacial score (nSPS) is 11.9. The van der Waals surface area contributed by atoms with Gasteiger partial charge < -0.3 is 19.0 Å². The number of nitrogens with zero attached hydrogens (tertiary/aromatic N) is 1. The SMILES string of the molecule is Cc1ccc(NC(=O)[C@H](C)OC(=O)c2cc(C)n(Cc3ccco3)c2C)cc1. The van der Waals surface area contributed by atoms with Gasteiger partial charge >= 0.3 is 5.97 Å². The number of rotatable bonds is 6. The first-order valence-corrected chi connectivity index (χ1v) is 9.12. The molecule has 2 heterocycles. The molecule has 0 aliphatic carbocycles. The first kappa shape index (κ1) is 19.5. The molecule has 6 nitrogen and oxygen atoms in total. The lowest BCUT2D eigenvalue weighted by Crippen LogP contribution is -2.30. The van der Waals surface area contributed by atoms with Crippen LogP contribution in [0, 0.1) is 20.8 Å². The Morgan fingerprint density at radius 2 is 1.86 bits per heavy atom. The minimum Gasteiger partial charge on any atom is -0.467 e. The molecule has 0 unspecified atom stereocenters. The summed E-state index contributed by atoms with van der Waals surface area (Å²) in [5.74, 6) is -0.0977. The summed E-state index contributed by atoms with van der Waals surface area (Å²) in [5.41, 5.74) is 3.89. The molecule has 3 rings (SSSR count). The van der Waals surface area contributed by atoms with E-state index in [1.54, 1.807) is 19.3 Å². The molecule has 0 radical (unpaired) electrons. The first-order valence-electron chi connectivity index (χ1n) is 9.12. The van der Waals surface area contributed by atoms with E-state index in [0.717, 1.165) is 22.7 Å². The molecule has 28 heavy (non-hydrogen) atoms. The number of benzene rings is 1. The largest absolute Gasteiger partial charge is 0.467 e. The summed E-state index contributed by atoms with van der Waals surface area (Å²) in [6, 6.07) is 12.9. The summed E-state index contributed by atoms with van der Waals surface area (Å²) >= 11 is 0. The molecule has 0 aliphatic rings. The molecule has 1 aromatic carbocycles. The number of nitrogens with one attached hydrogen (secondary N) is 1. The molecule has 0 spiro atoms. The van der Waals surface area contributed by atoms with Gasteiger partial charge in [-0.05, 0) is 58.0 Å². The van der Waals surface area contributed by atoms with Gasteiger partial charge in [0, 0.05) is 17.1 Å². The van der Waals surface area contributed by atoms with Gasteiger partial charge in [-0.25, -0.2) is 4.79 Å². The number of carbonyl (C=O) groups is 2. The summed E-state index contributed by atoms with van der Waals surface area (Å²) in [6.07, 6.45) is 0.703. The summed E-state index contributed by atoms with van der Waals surface area (Å²) in [7, 11) is 0. The van der Waals surface area contributed by atoms with E-state index in [2.05, 4.69) is 5.32 Å². The van der Waals surface area contributed by atoms with Crippen LogP contribution in [0.3, 0.4) is 0 Å². The molecule has 0 bridgehead atoms. The van der Waals surface area contributed by atoms with Crippen molar-refractivity contribution in [3.05, 3.63) is 77.0 Å². The van der Waals surface area contributed by atoms with Gasteiger partial charge in [-0.1, -0.05) is 17.7 Å². The fourth-order valence-corrected chi connectivity index (χ4v) is 2.97. The Labute approximate surface area is 164 Å². The zero-order valence-corrected chi connectivity index (χ0v) is 16.5. The number of amides is 1. The maximum atomic E-state index is 12.6. The molecule has 6 heteroatoms. The number of aromatic nitrogens is 1. The highest BCUT2D eigenvalue weighted by molar-refractivity contribution is 5.97. The molecule has 3 aromatic rings. The highest BCUT2D eigenvalue weighted by Gasteiger charge is 2.23. The Balaban J connectivity index is 1.66. The third-order valence-corrected chi connectivity index (χ3v) is 4.66. The molecule has 146 valence electrons. The van der Waals surface area contributed by atoms with Crippen LogP contribution in [0.25, 0.3) is 0 Å². The molecular formula is C22H24N2O4. The molecule has 0 saturated heterocycles. The smallest absolute Gasteiger partial charge is 0.340 e. The van der Waals surface area contributed by atoms with Gasteiger partial charge in [-0.3, -0.25) is 4.79 Å². The van der Waals surface area contributed by atoms with Gasteiger partial charge in [0.1, 0.15) is 5.76 Å². The van der Waals surface area contributed by atoms with Crippen LogP contribution in [-0.4, -0.2) is 22.5 Å². The first-order chi connectivity index (χ1) is 13.3. The van der Waals surface area contributed by atoms with Crippen molar-refractivity contribution in [2.45, 2.75) is 40.3 Å². The Hall–Kier alpha value is -3.28. The number of hydrogen-bond acceptors (Lipinski definition) is 4. The second-order valence-corrected chi connectivity index (χ2v) is 6.85. The number of anilines is 1. The minimum absolute atomic E-state index is 0.374. The molecule has 0 fully saturated rings. The van der Waals surface area contributed by atoms with Crippen molar-refractivity contribution in [3.63, 3.8) is 0 Å². The average Bonchev–Trinajstić information content (AvgIpc) is 3.27. The summed E-state index contributed by atoms with van der Waals surface area (Å²) in [4.78, 5) is 24.9. The lowest BCUT2D eigenvalue weighted by molar-refractivity contribution is -0.123. The number of carbonyl (C=O) groups excluding carboxylic acids is 2. The van der Waals surface area contributed by atoms with Crippen LogP contribution in [0.5, 0.6) is 0 Å². The molecule has 2 aromatic heterocycles. The van der Waals surface area contributed by atoms with Gasteiger partial charge in [0.2, 0.25) is 0 Å². The van der Waals surface area contributed by atoms with Crippen molar-refractivity contribution >= 4 is 17.6 Å². The highest BCUT2D eigenvalue weighted by atomic mass is 16.5. The van der Waals surface area contributed by atoms with Crippen molar-refractivity contribution in [3.8, 4) is 0 Å². The Morgan fingerprint density at radius 1 is 1.14 bits per heavy atom. The van der Waals surface area contributed by atoms with E-state index in [9.17, 15) is 9.59 Å². The second kappa shape index (κ2) is 8.17. The molecule has 0 aliphatic heterocycles. The quantitative estimate of drug-likeness (QED) is 0.649. The van der Waals surface area contributed by atoms with E-state index >= 15 is 0 Å². The second-order valence-electron chi connectivity index (χ2n) is 6.85. The Bertz CT molecular complexity index is 969. The third-order valence-electron chi connectivity index (χ3n) is 4.66. The summed E-state index contributed by atoms with van der Waals surface area (Å²) < 4.78 is 12.8. The molecule has 1 amide bonds. The minimum atomic E-state index is -0.915. The van der Waals surface area contributed by atoms with E-state index in [1.165, 1.54) is 0 Å². The van der Waals surface area contributed by atoms with E-state index in [1.807, 2.05) is 61.7 Å². The van der Waals surface area contributed by atoms with Crippen LogP contribution in [0.15, 0.2) is 53.1 Å². The van der Waals surface area contributed by atoms with Crippen molar-refractivity contribution < 1.29 is 18.7 Å². The van der Waals surface area contributed by atoms with Crippen LogP contribution in [0.2, 0.25) is 0 Å². The van der Waals surface area contributed by atoms with Crippen molar-refractivity contribution in [1.82, 2.24) is 4.57 Å². The number of furan rings is 1. The molecular weight excluding hydrogens is 356 g/mol. The molecule has 1 atom stereocenters. The summed E-state index contributed by atoms with van der Waals surface area (Å²) in [5, 5.41) is 2.75. The Morgan fingerprint density at radius 3 is 2.50 bits per heavy atom. The van der Waals surface area contributed by atoms with Crippen molar-refractivity contribution in [2.75, 3.05) is 5.32 Å². The maximum Gasteiger partial charge on any atom is 0.340 e. The van der Waals surface area contributed by atoms with E-state index in [-0.39, 0.29) is 5.91 Å². The van der Waals surface area contributed by atoms with Gasteiger partial charge in [-0.15, -0.1) is 0 Å². The number of hydrogen-bond donors (Lipinski definition) is 1. The number of esters is 1. The predicted octanol–water partition coefficient (Wildman–Crippen LogP) is 4.24. The van der Waals surface area contributed by atoms with Crippen molar-refractivity contribution in [2.24, 2.45) is 0 Å². The summed E-state index contributed by atoms with van der Waals surface area (Å²) in [6.45, 7) is 7.83. The van der Waals surface area contributed by atoms with Crippen LogP contribution in [-0.2, 0) is 16.1 Å². The predicted molar refractivity (Wildman–Crippen MR) is 106 cm³/mol. The fourth-order valence-electron chi connectivity index (χ4n) is 2.97. The van der Waals surface area contributed by atoms with Gasteiger partial charge in [-0.2, -0.15) is 0 Å². The van der Waals surface area contributed by atoms with Crippen LogP contribution in [0.4, 0.5) is 5.69 Å².